The van der Waals surface area contributed by atoms with Crippen molar-refractivity contribution < 1.29 is 4.42 Å². The van der Waals surface area contributed by atoms with E-state index in [-0.39, 0.29) is 0 Å². The van der Waals surface area contributed by atoms with Gasteiger partial charge in [-0.2, -0.15) is 0 Å². The molecule has 2 aromatic rings. The number of hydrogen-bond acceptors (Lipinski definition) is 4. The zero-order chi connectivity index (χ0) is 12.4. The molecule has 0 aliphatic rings. The topological polar surface area (TPSA) is 38.1 Å². The number of thiophene rings is 1. The molecule has 1 atom stereocenters. The number of oxazole rings is 1. The summed E-state index contributed by atoms with van der Waals surface area (Å²) in [5, 5.41) is 3.42. The second-order valence-electron chi connectivity index (χ2n) is 4.30. The highest BCUT2D eigenvalue weighted by atomic mass is 32.1. The largest absolute Gasteiger partial charge is 0.444 e. The van der Waals surface area contributed by atoms with Gasteiger partial charge in [0.05, 0.1) is 12.2 Å². The van der Waals surface area contributed by atoms with Crippen LogP contribution in [0.25, 0.3) is 0 Å². The van der Waals surface area contributed by atoms with Crippen molar-refractivity contribution in [2.45, 2.75) is 40.3 Å². The summed E-state index contributed by atoms with van der Waals surface area (Å²) >= 11 is 1.83. The maximum atomic E-state index is 5.54. The Bertz CT molecular complexity index is 482. The Morgan fingerprint density at radius 2 is 2.12 bits per heavy atom. The molecule has 0 aliphatic carbocycles. The van der Waals surface area contributed by atoms with Crippen molar-refractivity contribution in [3.8, 4) is 0 Å². The van der Waals surface area contributed by atoms with E-state index >= 15 is 0 Å². The van der Waals surface area contributed by atoms with E-state index in [0.29, 0.717) is 12.6 Å². The number of rotatable bonds is 4. The fraction of sp³-hybridized carbons (Fsp3) is 0.462. The molecule has 0 fully saturated rings. The lowest BCUT2D eigenvalue weighted by Gasteiger charge is -2.09. The molecule has 1 N–H and O–H groups in total. The van der Waals surface area contributed by atoms with E-state index in [4.69, 9.17) is 4.42 Å². The molecule has 2 aromatic heterocycles. The molecule has 0 radical (unpaired) electrons. The van der Waals surface area contributed by atoms with Gasteiger partial charge in [0.2, 0.25) is 5.89 Å². The molecule has 17 heavy (non-hydrogen) atoms. The molecule has 0 aliphatic heterocycles. The molecule has 2 rings (SSSR count). The quantitative estimate of drug-likeness (QED) is 0.902. The van der Waals surface area contributed by atoms with Crippen molar-refractivity contribution in [1.29, 1.82) is 0 Å². The molecule has 2 heterocycles. The zero-order valence-electron chi connectivity index (χ0n) is 10.7. The van der Waals surface area contributed by atoms with Crippen LogP contribution in [0.3, 0.4) is 0 Å². The SMILES string of the molecule is Cc1ccc(C(C)NCc2nc(C)c(C)o2)s1. The zero-order valence-corrected chi connectivity index (χ0v) is 11.5. The van der Waals surface area contributed by atoms with Gasteiger partial charge >= 0.3 is 0 Å². The summed E-state index contributed by atoms with van der Waals surface area (Å²) in [6.07, 6.45) is 0. The standard InChI is InChI=1S/C13H18N2OS/c1-8-5-6-12(17-8)10(3)14-7-13-15-9(2)11(4)16-13/h5-6,10,14H,7H2,1-4H3. The number of nitrogens with zero attached hydrogens (tertiary/aromatic N) is 1. The lowest BCUT2D eigenvalue weighted by molar-refractivity contribution is 0.433. The predicted octanol–water partition coefficient (Wildman–Crippen LogP) is 3.51. The van der Waals surface area contributed by atoms with Gasteiger partial charge in [-0.25, -0.2) is 4.98 Å². The van der Waals surface area contributed by atoms with Gasteiger partial charge in [-0.3, -0.25) is 0 Å². The van der Waals surface area contributed by atoms with Crippen molar-refractivity contribution in [2.24, 2.45) is 0 Å². The van der Waals surface area contributed by atoms with Crippen LogP contribution in [0.1, 0.15) is 40.1 Å². The number of hydrogen-bond donors (Lipinski definition) is 1. The van der Waals surface area contributed by atoms with Gasteiger partial charge in [-0.15, -0.1) is 11.3 Å². The van der Waals surface area contributed by atoms with E-state index in [1.807, 2.05) is 25.2 Å². The van der Waals surface area contributed by atoms with E-state index in [1.54, 1.807) is 0 Å². The summed E-state index contributed by atoms with van der Waals surface area (Å²) in [5.41, 5.74) is 0.974. The maximum absolute atomic E-state index is 5.54. The first kappa shape index (κ1) is 12.3. The van der Waals surface area contributed by atoms with Gasteiger partial charge < -0.3 is 9.73 Å². The van der Waals surface area contributed by atoms with Gasteiger partial charge in [-0.05, 0) is 39.8 Å². The average molecular weight is 250 g/mol. The van der Waals surface area contributed by atoms with Crippen molar-refractivity contribution in [3.63, 3.8) is 0 Å². The summed E-state index contributed by atoms with van der Waals surface area (Å²) in [4.78, 5) is 7.05. The number of aromatic nitrogens is 1. The lowest BCUT2D eigenvalue weighted by Crippen LogP contribution is -2.17. The molecule has 0 spiro atoms. The second kappa shape index (κ2) is 5.02. The molecule has 0 amide bonds. The van der Waals surface area contributed by atoms with E-state index in [1.165, 1.54) is 9.75 Å². The van der Waals surface area contributed by atoms with Crippen molar-refractivity contribution in [2.75, 3.05) is 0 Å². The van der Waals surface area contributed by atoms with Gasteiger partial charge in [0.25, 0.3) is 0 Å². The van der Waals surface area contributed by atoms with E-state index in [0.717, 1.165) is 17.3 Å². The Morgan fingerprint density at radius 1 is 1.35 bits per heavy atom. The molecule has 0 saturated heterocycles. The van der Waals surface area contributed by atoms with Crippen molar-refractivity contribution in [1.82, 2.24) is 10.3 Å². The van der Waals surface area contributed by atoms with Crippen LogP contribution in [-0.2, 0) is 6.54 Å². The Balaban J connectivity index is 1.94. The third-order valence-corrected chi connectivity index (χ3v) is 4.00. The normalized spacial score (nSPS) is 12.9. The van der Waals surface area contributed by atoms with Crippen LogP contribution in [-0.4, -0.2) is 4.98 Å². The lowest BCUT2D eigenvalue weighted by atomic mass is 10.3. The van der Waals surface area contributed by atoms with Crippen LogP contribution in [0.4, 0.5) is 0 Å². The summed E-state index contributed by atoms with van der Waals surface area (Å²) in [6.45, 7) is 8.87. The van der Waals surface area contributed by atoms with Crippen LogP contribution >= 0.6 is 11.3 Å². The fourth-order valence-corrected chi connectivity index (χ4v) is 2.55. The number of aryl methyl sites for hydroxylation is 3. The Morgan fingerprint density at radius 3 is 2.65 bits per heavy atom. The summed E-state index contributed by atoms with van der Waals surface area (Å²) in [7, 11) is 0. The molecule has 4 heteroatoms. The monoisotopic (exact) mass is 250 g/mol. The minimum atomic E-state index is 0.334. The minimum absolute atomic E-state index is 0.334. The molecule has 0 saturated carbocycles. The first-order chi connectivity index (χ1) is 8.06. The molecule has 92 valence electrons. The van der Waals surface area contributed by atoms with E-state index in [9.17, 15) is 0 Å². The van der Waals surface area contributed by atoms with Crippen LogP contribution in [0.2, 0.25) is 0 Å². The highest BCUT2D eigenvalue weighted by Crippen LogP contribution is 2.22. The first-order valence-electron chi connectivity index (χ1n) is 5.79. The summed E-state index contributed by atoms with van der Waals surface area (Å²) in [6, 6.07) is 4.66. The Kier molecular flexibility index (Phi) is 3.64. The molecule has 0 aromatic carbocycles. The summed E-state index contributed by atoms with van der Waals surface area (Å²) < 4.78 is 5.54. The van der Waals surface area contributed by atoms with E-state index < -0.39 is 0 Å². The molecular formula is C13H18N2OS. The third kappa shape index (κ3) is 2.96. The van der Waals surface area contributed by atoms with Gasteiger partial charge in [0, 0.05) is 15.8 Å². The Labute approximate surface area is 106 Å². The maximum Gasteiger partial charge on any atom is 0.208 e. The van der Waals surface area contributed by atoms with Crippen LogP contribution in [0.15, 0.2) is 16.5 Å². The molecule has 0 bridgehead atoms. The van der Waals surface area contributed by atoms with Crippen LogP contribution < -0.4 is 5.32 Å². The molecular weight excluding hydrogens is 232 g/mol. The van der Waals surface area contributed by atoms with Gasteiger partial charge in [0.1, 0.15) is 5.76 Å². The Hall–Kier alpha value is -1.13. The molecule has 3 nitrogen and oxygen atoms in total. The van der Waals surface area contributed by atoms with E-state index in [2.05, 4.69) is 36.3 Å². The second-order valence-corrected chi connectivity index (χ2v) is 5.62. The van der Waals surface area contributed by atoms with Gasteiger partial charge in [-0.1, -0.05) is 0 Å². The van der Waals surface area contributed by atoms with Crippen LogP contribution in [0.5, 0.6) is 0 Å². The average Bonchev–Trinajstić information content (AvgIpc) is 2.83. The fourth-order valence-electron chi connectivity index (χ4n) is 1.64. The highest BCUT2D eigenvalue weighted by molar-refractivity contribution is 7.12. The van der Waals surface area contributed by atoms with Gasteiger partial charge in [0.15, 0.2) is 0 Å². The highest BCUT2D eigenvalue weighted by Gasteiger charge is 2.10. The van der Waals surface area contributed by atoms with Crippen molar-refractivity contribution >= 4 is 11.3 Å². The molecule has 1 unspecified atom stereocenters. The first-order valence-corrected chi connectivity index (χ1v) is 6.60. The van der Waals surface area contributed by atoms with Crippen LogP contribution in [0, 0.1) is 20.8 Å². The smallest absolute Gasteiger partial charge is 0.208 e. The third-order valence-electron chi connectivity index (χ3n) is 2.82. The summed E-state index contributed by atoms with van der Waals surface area (Å²) in [5.74, 6) is 1.67. The minimum Gasteiger partial charge on any atom is -0.444 e. The predicted molar refractivity (Wildman–Crippen MR) is 70.3 cm³/mol. The number of nitrogens with one attached hydrogen (secondary N) is 1. The van der Waals surface area contributed by atoms with Crippen molar-refractivity contribution in [3.05, 3.63) is 39.2 Å².